The summed E-state index contributed by atoms with van der Waals surface area (Å²) in [6.07, 6.45) is 8.64. The number of nitrogens with one attached hydrogen (secondary N) is 3. The molecule has 0 saturated carbocycles. The van der Waals surface area contributed by atoms with E-state index in [4.69, 9.17) is 9.47 Å². The van der Waals surface area contributed by atoms with E-state index in [0.717, 1.165) is 55.0 Å². The molecule has 5 rings (SSSR count). The highest BCUT2D eigenvalue weighted by atomic mass is 32.2. The van der Waals surface area contributed by atoms with E-state index in [0.29, 0.717) is 58.5 Å². The average molecular weight is 751 g/mol. The Morgan fingerprint density at radius 2 is 1.44 bits per heavy atom. The number of H-pyrrole nitrogens is 2. The maximum absolute atomic E-state index is 13.1. The van der Waals surface area contributed by atoms with Crippen molar-refractivity contribution in [1.82, 2.24) is 15.3 Å². The molecule has 1 unspecified atom stereocenters. The first-order valence-corrected chi connectivity index (χ1v) is 19.0. The van der Waals surface area contributed by atoms with Gasteiger partial charge in [0.15, 0.2) is 0 Å². The van der Waals surface area contributed by atoms with Gasteiger partial charge < -0.3 is 24.8 Å². The Balaban J connectivity index is 1.57. The summed E-state index contributed by atoms with van der Waals surface area (Å²) in [4.78, 5) is 62.1. The van der Waals surface area contributed by atoms with E-state index in [1.807, 2.05) is 70.2 Å². The number of carbonyl (C=O) groups is 4. The maximum atomic E-state index is 13.1. The number of methoxy groups -OCH3 is 2. The van der Waals surface area contributed by atoms with Gasteiger partial charge in [-0.05, 0) is 112 Å². The molecule has 1 aromatic carbocycles. The molecule has 0 saturated heterocycles. The highest BCUT2D eigenvalue weighted by Gasteiger charge is 2.25. The second kappa shape index (κ2) is 17.0. The van der Waals surface area contributed by atoms with Crippen LogP contribution in [-0.4, -0.2) is 63.6 Å². The topological polar surface area (TPSA) is 160 Å². The van der Waals surface area contributed by atoms with Crippen molar-refractivity contribution in [1.29, 1.82) is 0 Å². The third kappa shape index (κ3) is 8.60. The number of amides is 2. The lowest BCUT2D eigenvalue weighted by atomic mass is 10.0. The number of allylic oxidation sites excluding steroid dienone is 2. The largest absolute Gasteiger partial charge is 0.469 e. The molecule has 11 nitrogen and oxygen atoms in total. The first kappa shape index (κ1) is 39.6. The molecule has 0 aliphatic carbocycles. The number of benzene rings is 1. The van der Waals surface area contributed by atoms with Gasteiger partial charge >= 0.3 is 11.9 Å². The quantitative estimate of drug-likeness (QED) is 0.204. The van der Waals surface area contributed by atoms with Crippen LogP contribution in [0.2, 0.25) is 0 Å². The summed E-state index contributed by atoms with van der Waals surface area (Å²) in [6, 6.07) is 7.53. The van der Waals surface area contributed by atoms with Gasteiger partial charge in [0.25, 0.3) is 11.8 Å². The first-order valence-electron chi connectivity index (χ1n) is 17.7. The van der Waals surface area contributed by atoms with Crippen molar-refractivity contribution < 1.29 is 32.9 Å². The van der Waals surface area contributed by atoms with Crippen LogP contribution in [0.1, 0.15) is 72.3 Å². The van der Waals surface area contributed by atoms with Crippen molar-refractivity contribution in [2.24, 2.45) is 4.99 Å². The van der Waals surface area contributed by atoms with Crippen molar-refractivity contribution in [3.8, 4) is 0 Å². The lowest BCUT2D eigenvalue weighted by Gasteiger charge is -2.04. The van der Waals surface area contributed by atoms with Crippen molar-refractivity contribution in [3.63, 3.8) is 0 Å². The van der Waals surface area contributed by atoms with E-state index in [1.165, 1.54) is 14.2 Å². The molecule has 3 N–H and O–H groups in total. The van der Waals surface area contributed by atoms with E-state index < -0.39 is 10.8 Å². The number of nitrogens with zero attached hydrogens (tertiary/aromatic N) is 1. The lowest BCUT2D eigenvalue weighted by molar-refractivity contribution is -0.141. The summed E-state index contributed by atoms with van der Waals surface area (Å²) in [6.45, 7) is 13.3. The van der Waals surface area contributed by atoms with Gasteiger partial charge in [-0.15, -0.1) is 0 Å². The van der Waals surface area contributed by atoms with Crippen molar-refractivity contribution in [3.05, 3.63) is 115 Å². The number of aromatic amines is 2. The maximum Gasteiger partial charge on any atom is 0.305 e. The molecule has 12 heteroatoms. The van der Waals surface area contributed by atoms with Gasteiger partial charge in [-0.2, -0.15) is 0 Å². The van der Waals surface area contributed by atoms with Gasteiger partial charge in [0.2, 0.25) is 0 Å². The number of esters is 2. The smallest absolute Gasteiger partial charge is 0.305 e. The van der Waals surface area contributed by atoms with Crippen LogP contribution in [0.25, 0.3) is 18.2 Å². The summed E-state index contributed by atoms with van der Waals surface area (Å²) >= 11 is 0. The van der Waals surface area contributed by atoms with Crippen LogP contribution in [0.3, 0.4) is 0 Å². The van der Waals surface area contributed by atoms with Crippen molar-refractivity contribution in [2.45, 2.75) is 71.6 Å². The molecule has 1 atom stereocenters. The Morgan fingerprint density at radius 1 is 0.796 bits per heavy atom. The zero-order chi connectivity index (χ0) is 39.3. The summed E-state index contributed by atoms with van der Waals surface area (Å²) in [5.74, 6) is -0.941. The van der Waals surface area contributed by atoms with Gasteiger partial charge in [0.05, 0.1) is 36.4 Å². The second-order valence-electron chi connectivity index (χ2n) is 13.3. The molecule has 0 fully saturated rings. The predicted molar refractivity (Wildman–Crippen MR) is 210 cm³/mol. The van der Waals surface area contributed by atoms with Crippen LogP contribution in [-0.2, 0) is 52.3 Å². The minimum Gasteiger partial charge on any atom is -0.469 e. The predicted octanol–water partition coefficient (Wildman–Crippen LogP) is 4.56. The van der Waals surface area contributed by atoms with E-state index in [-0.39, 0.29) is 36.6 Å². The van der Waals surface area contributed by atoms with Gasteiger partial charge in [-0.25, -0.2) is 4.99 Å². The summed E-state index contributed by atoms with van der Waals surface area (Å²) in [5.41, 5.74) is 9.73. The molecule has 54 heavy (non-hydrogen) atoms. The van der Waals surface area contributed by atoms with E-state index in [2.05, 4.69) is 26.9 Å². The Labute approximate surface area is 317 Å². The average Bonchev–Trinajstić information content (AvgIpc) is 3.80. The molecule has 3 aromatic rings. The molecule has 0 spiro atoms. The van der Waals surface area contributed by atoms with E-state index in [9.17, 15) is 23.4 Å². The fourth-order valence-corrected chi connectivity index (χ4v) is 7.68. The van der Waals surface area contributed by atoms with Gasteiger partial charge in [0, 0.05) is 62.3 Å². The van der Waals surface area contributed by atoms with Gasteiger partial charge in [0.1, 0.15) is 0 Å². The third-order valence-corrected chi connectivity index (χ3v) is 11.4. The fraction of sp³-hybridized carbons (Fsp3) is 0.310. The monoisotopic (exact) mass is 750 g/mol. The summed E-state index contributed by atoms with van der Waals surface area (Å²) < 4.78 is 22.9. The zero-order valence-corrected chi connectivity index (χ0v) is 32.6. The molecule has 0 bridgehead atoms. The zero-order valence-electron chi connectivity index (χ0n) is 31.8. The molecule has 0 radical (unpaired) electrons. The molecule has 2 amide bonds. The van der Waals surface area contributed by atoms with E-state index in [1.54, 1.807) is 13.0 Å². The van der Waals surface area contributed by atoms with Gasteiger partial charge in [-0.1, -0.05) is 30.4 Å². The molecule has 4 heterocycles. The first-order chi connectivity index (χ1) is 25.8. The van der Waals surface area contributed by atoms with Crippen LogP contribution in [0.15, 0.2) is 74.8 Å². The molecule has 282 valence electrons. The Kier molecular flexibility index (Phi) is 12.5. The van der Waals surface area contributed by atoms with Crippen LogP contribution >= 0.6 is 0 Å². The number of aliphatic imine (C=N–C) groups is 1. The number of ether oxygens (including phenoxy) is 2. The lowest BCUT2D eigenvalue weighted by Crippen LogP contribution is -2.15. The minimum absolute atomic E-state index is 0.141. The highest BCUT2D eigenvalue weighted by molar-refractivity contribution is 7.85. The SMILES string of the molecule is C=CC1=C(C)C(=O)N/C1=C\c1[nH]c(/C=c2\[nH]/c(=C\C3=NC(=O)C(CCS(=O)c4ccc(C)cc4)=C3C)c(C)c2CCC(=O)OC)c(CCC(=O)OC)c1C. The van der Waals surface area contributed by atoms with Crippen LogP contribution in [0, 0.1) is 20.8 Å². The van der Waals surface area contributed by atoms with Crippen molar-refractivity contribution >= 4 is 58.5 Å². The molecular weight excluding hydrogens is 705 g/mol. The second-order valence-corrected chi connectivity index (χ2v) is 14.9. The van der Waals surface area contributed by atoms with Gasteiger partial charge in [-0.3, -0.25) is 23.4 Å². The molecular formula is C42H46N4O7S. The Morgan fingerprint density at radius 3 is 2.07 bits per heavy atom. The van der Waals surface area contributed by atoms with Crippen LogP contribution in [0.4, 0.5) is 0 Å². The summed E-state index contributed by atoms with van der Waals surface area (Å²) in [7, 11) is 1.44. The molecule has 2 aromatic heterocycles. The van der Waals surface area contributed by atoms with Crippen LogP contribution < -0.4 is 16.0 Å². The number of hydrogen-bond donors (Lipinski definition) is 3. The number of aryl methyl sites for hydroxylation is 1. The Hall–Kier alpha value is -5.62. The Bertz CT molecular complexity index is 2330. The fourth-order valence-electron chi connectivity index (χ4n) is 6.62. The van der Waals surface area contributed by atoms with Crippen molar-refractivity contribution in [2.75, 3.05) is 20.0 Å². The normalized spacial score (nSPS) is 16.4. The minimum atomic E-state index is -1.26. The summed E-state index contributed by atoms with van der Waals surface area (Å²) in [5, 5.41) is 4.33. The highest BCUT2D eigenvalue weighted by Crippen LogP contribution is 2.28. The number of rotatable bonds is 14. The third-order valence-electron chi connectivity index (χ3n) is 10.00. The number of carbonyl (C=O) groups excluding carboxylic acids is 4. The number of aromatic nitrogens is 2. The standard InChI is InChI=1S/C42H46N4O7S/c1-9-29-27(6)41(49)46-36(29)21-34-25(4)31(15-17-40(48)53-8)38(44-34)22-37-30(14-16-39(47)52-7)24(3)33(43-37)20-35-26(5)32(42(50)45-35)18-19-54(51)28-12-10-23(2)11-13-28/h9-13,20-22,43-44H,1,14-19H2,2-8H3,(H,46,49)/b33-20-,36-21-,37-22-. The van der Waals surface area contributed by atoms with E-state index >= 15 is 0 Å². The number of hydrogen-bond acceptors (Lipinski definition) is 7. The molecule has 2 aliphatic heterocycles. The molecule has 2 aliphatic rings. The van der Waals surface area contributed by atoms with Crippen LogP contribution in [0.5, 0.6) is 0 Å².